The number of hydrogen-bond donors (Lipinski definition) is 2. The lowest BCUT2D eigenvalue weighted by molar-refractivity contribution is -0.890. The predicted molar refractivity (Wildman–Crippen MR) is 220 cm³/mol. The third kappa shape index (κ3) is 36.6. The first-order chi connectivity index (χ1) is 24.1. The third-order valence-corrected chi connectivity index (χ3v) is 10.8. The van der Waals surface area contributed by atoms with Crippen molar-refractivity contribution in [3.63, 3.8) is 0 Å². The Morgan fingerprint density at radius 2 is 0.580 bits per heavy atom. The zero-order valence-electron chi connectivity index (χ0n) is 35.2. The fourth-order valence-corrected chi connectivity index (χ4v) is 7.20. The zero-order chi connectivity index (χ0) is 37.0. The number of rotatable bonds is 39. The molecule has 0 rings (SSSR count). The van der Waals surface area contributed by atoms with Crippen molar-refractivity contribution in [3.05, 3.63) is 0 Å². The van der Waals surface area contributed by atoms with E-state index in [9.17, 15) is 9.59 Å². The molecule has 298 valence electrons. The first kappa shape index (κ1) is 48.9. The summed E-state index contributed by atoms with van der Waals surface area (Å²) in [5, 5.41) is 6.32. The summed E-state index contributed by atoms with van der Waals surface area (Å²) in [4.78, 5) is 24.4. The minimum Gasteiger partial charge on any atom is -0.356 e. The van der Waals surface area contributed by atoms with Gasteiger partial charge in [0.15, 0.2) is 0 Å². The molecule has 6 nitrogen and oxygen atoms in total. The Morgan fingerprint density at radius 3 is 0.880 bits per heavy atom. The van der Waals surface area contributed by atoms with E-state index in [-0.39, 0.29) is 11.8 Å². The molecule has 0 unspecified atom stereocenters. The highest BCUT2D eigenvalue weighted by Gasteiger charge is 2.15. The molecule has 0 spiro atoms. The van der Waals surface area contributed by atoms with Crippen LogP contribution in [0.1, 0.15) is 206 Å². The van der Waals surface area contributed by atoms with Gasteiger partial charge in [-0.1, -0.05) is 142 Å². The Bertz CT molecular complexity index is 692. The predicted octanol–water partition coefficient (Wildman–Crippen LogP) is 11.1. The van der Waals surface area contributed by atoms with E-state index in [4.69, 9.17) is 0 Å². The van der Waals surface area contributed by atoms with Crippen LogP contribution >= 0.6 is 0 Å². The Labute approximate surface area is 314 Å². The summed E-state index contributed by atoms with van der Waals surface area (Å²) in [6.45, 7) is 10.9. The van der Waals surface area contributed by atoms with E-state index in [2.05, 4.69) is 52.7 Å². The molecule has 0 aliphatic carbocycles. The lowest BCUT2D eigenvalue weighted by Crippen LogP contribution is -2.42. The maximum absolute atomic E-state index is 12.2. The van der Waals surface area contributed by atoms with Gasteiger partial charge in [0.2, 0.25) is 11.8 Å². The SMILES string of the molecule is CCCCCCCCCCCC(=O)NCCC[N+](C)(C)CCCCCCCCCC[N+](C)(C)CCCNC(=O)CCCCCCCCCCC. The maximum Gasteiger partial charge on any atom is 0.219 e. The number of nitrogens with one attached hydrogen (secondary N) is 2. The molecule has 6 heteroatoms. The van der Waals surface area contributed by atoms with Gasteiger partial charge in [0.25, 0.3) is 0 Å². The van der Waals surface area contributed by atoms with Crippen molar-refractivity contribution in [1.29, 1.82) is 0 Å². The van der Waals surface area contributed by atoms with Crippen LogP contribution in [0.25, 0.3) is 0 Å². The van der Waals surface area contributed by atoms with Crippen LogP contribution in [0, 0.1) is 0 Å². The van der Waals surface area contributed by atoms with Crippen molar-refractivity contribution in [2.24, 2.45) is 0 Å². The topological polar surface area (TPSA) is 58.2 Å². The van der Waals surface area contributed by atoms with E-state index in [1.165, 1.54) is 167 Å². The van der Waals surface area contributed by atoms with E-state index in [1.54, 1.807) is 0 Å². The van der Waals surface area contributed by atoms with Crippen molar-refractivity contribution in [3.8, 4) is 0 Å². The van der Waals surface area contributed by atoms with E-state index < -0.39 is 0 Å². The number of amides is 2. The van der Waals surface area contributed by atoms with Crippen molar-refractivity contribution in [2.45, 2.75) is 206 Å². The van der Waals surface area contributed by atoms with Gasteiger partial charge in [0.1, 0.15) is 0 Å². The molecule has 0 atom stereocenters. The van der Waals surface area contributed by atoms with Crippen molar-refractivity contribution in [2.75, 3.05) is 67.5 Å². The summed E-state index contributed by atoms with van der Waals surface area (Å²) < 4.78 is 2.13. The second kappa shape index (κ2) is 34.9. The lowest BCUT2D eigenvalue weighted by Gasteiger charge is -2.30. The molecule has 0 fully saturated rings. The van der Waals surface area contributed by atoms with Crippen LogP contribution in [0.3, 0.4) is 0 Å². The number of carbonyl (C=O) groups excluding carboxylic acids is 2. The molecule has 0 aromatic carbocycles. The molecule has 2 N–H and O–H groups in total. The van der Waals surface area contributed by atoms with Crippen LogP contribution in [-0.2, 0) is 9.59 Å². The molecular formula is C44H92N4O2+2. The highest BCUT2D eigenvalue weighted by atomic mass is 16.2. The van der Waals surface area contributed by atoms with Crippen LogP contribution in [0.2, 0.25) is 0 Å². The van der Waals surface area contributed by atoms with Crippen LogP contribution < -0.4 is 10.6 Å². The van der Waals surface area contributed by atoms with Crippen molar-refractivity contribution in [1.82, 2.24) is 10.6 Å². The lowest BCUT2D eigenvalue weighted by atomic mass is 10.1. The number of carbonyl (C=O) groups is 2. The monoisotopic (exact) mass is 709 g/mol. The first-order valence-electron chi connectivity index (χ1n) is 22.3. The second-order valence-electron chi connectivity index (χ2n) is 17.2. The molecule has 0 aliphatic heterocycles. The Kier molecular flexibility index (Phi) is 34.1. The van der Waals surface area contributed by atoms with E-state index >= 15 is 0 Å². The summed E-state index contributed by atoms with van der Waals surface area (Å²) in [7, 11) is 9.39. The maximum atomic E-state index is 12.2. The second-order valence-corrected chi connectivity index (χ2v) is 17.2. The quantitative estimate of drug-likeness (QED) is 0.0493. The highest BCUT2D eigenvalue weighted by Crippen LogP contribution is 2.14. The average molecular weight is 709 g/mol. The fraction of sp³-hybridized carbons (Fsp3) is 0.955. The summed E-state index contributed by atoms with van der Waals surface area (Å²) in [6.07, 6.45) is 37.7. The molecule has 0 bridgehead atoms. The standard InChI is InChI=1S/C44H90N4O2/c1-7-9-11-13-15-17-21-25-29-35-43(49)45-37-33-41-47(3,4)39-31-27-23-19-20-24-28-32-40-48(5,6)42-34-38-46-44(50)36-30-26-22-18-16-14-12-10-8-2/h7-42H2,1-6H3/p+2. The zero-order valence-corrected chi connectivity index (χ0v) is 35.2. The largest absolute Gasteiger partial charge is 0.356 e. The summed E-state index contributed by atoms with van der Waals surface area (Å²) >= 11 is 0. The van der Waals surface area contributed by atoms with Gasteiger partial charge < -0.3 is 19.6 Å². The average Bonchev–Trinajstić information content (AvgIpc) is 3.08. The molecule has 0 saturated heterocycles. The Balaban J connectivity index is 3.58. The van der Waals surface area contributed by atoms with Crippen molar-refractivity contribution < 1.29 is 18.6 Å². The van der Waals surface area contributed by atoms with E-state index in [0.717, 1.165) is 60.8 Å². The summed E-state index contributed by atoms with van der Waals surface area (Å²) in [6, 6.07) is 0. The molecule has 0 aliphatic rings. The van der Waals surface area contributed by atoms with E-state index in [1.807, 2.05) is 0 Å². The molecule has 0 aromatic rings. The van der Waals surface area contributed by atoms with E-state index in [0.29, 0.717) is 12.8 Å². The van der Waals surface area contributed by atoms with Gasteiger partial charge >= 0.3 is 0 Å². The van der Waals surface area contributed by atoms with Gasteiger partial charge in [0.05, 0.1) is 54.4 Å². The summed E-state index contributed by atoms with van der Waals surface area (Å²) in [5.41, 5.74) is 0. The molecule has 50 heavy (non-hydrogen) atoms. The number of unbranched alkanes of at least 4 members (excludes halogenated alkanes) is 23. The summed E-state index contributed by atoms with van der Waals surface area (Å²) in [5.74, 6) is 0.495. The van der Waals surface area contributed by atoms with Crippen LogP contribution in [0.5, 0.6) is 0 Å². The fourth-order valence-electron chi connectivity index (χ4n) is 7.20. The van der Waals surface area contributed by atoms with Gasteiger partial charge in [-0.05, 0) is 38.5 Å². The van der Waals surface area contributed by atoms with Gasteiger partial charge in [-0.3, -0.25) is 9.59 Å². The molecule has 0 heterocycles. The minimum absolute atomic E-state index is 0.248. The molecule has 2 amide bonds. The molecule has 0 saturated carbocycles. The first-order valence-corrected chi connectivity index (χ1v) is 22.3. The molecular weight excluding hydrogens is 617 g/mol. The number of nitrogens with zero attached hydrogens (tertiary/aromatic N) is 2. The molecule has 0 aromatic heterocycles. The minimum atomic E-state index is 0.248. The normalized spacial score (nSPS) is 12.0. The number of quaternary nitrogens is 2. The van der Waals surface area contributed by atoms with Crippen LogP contribution in [-0.4, -0.2) is 88.2 Å². The van der Waals surface area contributed by atoms with Crippen LogP contribution in [0.4, 0.5) is 0 Å². The number of hydrogen-bond acceptors (Lipinski definition) is 2. The smallest absolute Gasteiger partial charge is 0.219 e. The molecule has 0 radical (unpaired) electrons. The van der Waals surface area contributed by atoms with Gasteiger partial charge in [-0.2, -0.15) is 0 Å². The van der Waals surface area contributed by atoms with Crippen LogP contribution in [0.15, 0.2) is 0 Å². The third-order valence-electron chi connectivity index (χ3n) is 10.8. The Hall–Kier alpha value is -1.14. The van der Waals surface area contributed by atoms with Gasteiger partial charge in [0, 0.05) is 38.8 Å². The van der Waals surface area contributed by atoms with Crippen molar-refractivity contribution >= 4 is 11.8 Å². The van der Waals surface area contributed by atoms with Gasteiger partial charge in [-0.15, -0.1) is 0 Å². The highest BCUT2D eigenvalue weighted by molar-refractivity contribution is 5.76. The Morgan fingerprint density at radius 1 is 0.340 bits per heavy atom. The van der Waals surface area contributed by atoms with Gasteiger partial charge in [-0.25, -0.2) is 0 Å².